The smallest absolute Gasteiger partial charge is 0.325 e. The fourth-order valence-electron chi connectivity index (χ4n) is 6.02. The highest BCUT2D eigenvalue weighted by molar-refractivity contribution is 6.30. The molecule has 1 N–H and O–H groups in total. The SMILES string of the molecule is CCC[C@@]1(C2CCN(C(=O)Cc3ccc(Cl)cc3)CC2)NC(=O)N(CC[C@@H]2CCCN2C)C1=O. The Bertz CT molecular complexity index is 900. The van der Waals surface area contributed by atoms with Crippen molar-refractivity contribution in [1.82, 2.24) is 20.0 Å². The molecule has 3 fully saturated rings. The zero-order chi connectivity index (χ0) is 24.3. The maximum Gasteiger partial charge on any atom is 0.325 e. The molecule has 8 heteroatoms. The van der Waals surface area contributed by atoms with Gasteiger partial charge in [-0.25, -0.2) is 4.79 Å². The molecule has 4 amide bonds. The third-order valence-corrected chi connectivity index (χ3v) is 8.27. The number of carbonyl (C=O) groups is 3. The molecule has 3 aliphatic heterocycles. The van der Waals surface area contributed by atoms with Gasteiger partial charge in [0.05, 0.1) is 6.42 Å². The number of hydrogen-bond acceptors (Lipinski definition) is 4. The van der Waals surface area contributed by atoms with Gasteiger partial charge in [0, 0.05) is 30.7 Å². The Hall–Kier alpha value is -2.12. The van der Waals surface area contributed by atoms with Gasteiger partial charge in [0.1, 0.15) is 5.54 Å². The van der Waals surface area contributed by atoms with Crippen molar-refractivity contribution >= 4 is 29.4 Å². The van der Waals surface area contributed by atoms with Gasteiger partial charge < -0.3 is 15.1 Å². The van der Waals surface area contributed by atoms with Crippen LogP contribution in [-0.2, 0) is 16.0 Å². The Morgan fingerprint density at radius 2 is 1.82 bits per heavy atom. The van der Waals surface area contributed by atoms with E-state index in [9.17, 15) is 14.4 Å². The lowest BCUT2D eigenvalue weighted by Gasteiger charge is -2.41. The Balaban J connectivity index is 1.37. The second-order valence-electron chi connectivity index (χ2n) is 10.1. The molecule has 34 heavy (non-hydrogen) atoms. The summed E-state index contributed by atoms with van der Waals surface area (Å²) in [6.45, 7) is 4.84. The molecule has 3 saturated heterocycles. The molecule has 0 bridgehead atoms. The van der Waals surface area contributed by atoms with E-state index in [1.54, 1.807) is 12.1 Å². The number of likely N-dealkylation sites (tertiary alicyclic amines) is 2. The van der Waals surface area contributed by atoms with Crippen LogP contribution in [-0.4, -0.2) is 77.4 Å². The molecule has 186 valence electrons. The summed E-state index contributed by atoms with van der Waals surface area (Å²) in [4.78, 5) is 45.1. The first-order chi connectivity index (χ1) is 16.3. The van der Waals surface area contributed by atoms with Crippen molar-refractivity contribution in [2.75, 3.05) is 33.2 Å². The van der Waals surface area contributed by atoms with E-state index in [0.717, 1.165) is 44.2 Å². The van der Waals surface area contributed by atoms with Crippen LogP contribution < -0.4 is 5.32 Å². The number of urea groups is 1. The maximum absolute atomic E-state index is 13.6. The summed E-state index contributed by atoms with van der Waals surface area (Å²) in [5.74, 6) is 0.0722. The monoisotopic (exact) mass is 488 g/mol. The van der Waals surface area contributed by atoms with Gasteiger partial charge in [-0.3, -0.25) is 14.5 Å². The number of hydrogen-bond donors (Lipinski definition) is 1. The molecular weight excluding hydrogens is 452 g/mol. The van der Waals surface area contributed by atoms with Crippen molar-refractivity contribution in [2.24, 2.45) is 5.92 Å². The zero-order valence-electron chi connectivity index (χ0n) is 20.4. The van der Waals surface area contributed by atoms with Crippen molar-refractivity contribution in [3.8, 4) is 0 Å². The van der Waals surface area contributed by atoms with Gasteiger partial charge in [-0.05, 0) is 75.7 Å². The minimum absolute atomic E-state index is 0.0441. The lowest BCUT2D eigenvalue weighted by Crippen LogP contribution is -2.56. The summed E-state index contributed by atoms with van der Waals surface area (Å²) in [7, 11) is 2.12. The van der Waals surface area contributed by atoms with Crippen LogP contribution in [0.5, 0.6) is 0 Å². The highest BCUT2D eigenvalue weighted by atomic mass is 35.5. The summed E-state index contributed by atoms with van der Waals surface area (Å²) < 4.78 is 0. The van der Waals surface area contributed by atoms with Crippen molar-refractivity contribution in [3.63, 3.8) is 0 Å². The van der Waals surface area contributed by atoms with Crippen LogP contribution in [0.2, 0.25) is 5.02 Å². The molecule has 4 rings (SSSR count). The standard InChI is InChI=1S/C26H37ClN4O3/c1-3-13-26(24(33)31(25(34)28-26)17-12-22-5-4-14-29(22)2)20-10-15-30(16-11-20)23(32)18-19-6-8-21(27)9-7-19/h6-9,20,22H,3-5,10-18H2,1-2H3,(H,28,34)/t22-,26-/m0/s1. The van der Waals surface area contributed by atoms with Crippen LogP contribution in [0.4, 0.5) is 4.79 Å². The van der Waals surface area contributed by atoms with E-state index in [1.807, 2.05) is 17.0 Å². The van der Waals surface area contributed by atoms with Crippen molar-refractivity contribution in [2.45, 2.75) is 69.9 Å². The number of nitrogens with zero attached hydrogens (tertiary/aromatic N) is 3. The number of imide groups is 1. The summed E-state index contributed by atoms with van der Waals surface area (Å²) in [6, 6.07) is 7.56. The van der Waals surface area contributed by atoms with E-state index in [2.05, 4.69) is 24.2 Å². The molecule has 0 aromatic heterocycles. The molecule has 0 aliphatic carbocycles. The molecule has 0 saturated carbocycles. The minimum atomic E-state index is -0.835. The van der Waals surface area contributed by atoms with Crippen molar-refractivity contribution in [1.29, 1.82) is 0 Å². The van der Waals surface area contributed by atoms with Gasteiger partial charge in [0.2, 0.25) is 5.91 Å². The predicted molar refractivity (Wildman–Crippen MR) is 133 cm³/mol. The molecule has 2 atom stereocenters. The van der Waals surface area contributed by atoms with Gasteiger partial charge in [0.25, 0.3) is 5.91 Å². The van der Waals surface area contributed by atoms with Crippen LogP contribution in [0, 0.1) is 5.92 Å². The third-order valence-electron chi connectivity index (χ3n) is 8.02. The molecule has 0 unspecified atom stereocenters. The van der Waals surface area contributed by atoms with E-state index >= 15 is 0 Å². The molecule has 7 nitrogen and oxygen atoms in total. The number of amides is 4. The number of rotatable bonds is 8. The number of benzene rings is 1. The fraction of sp³-hybridized carbons (Fsp3) is 0.654. The van der Waals surface area contributed by atoms with Gasteiger partial charge in [-0.2, -0.15) is 0 Å². The van der Waals surface area contributed by atoms with Crippen molar-refractivity contribution in [3.05, 3.63) is 34.9 Å². The second-order valence-corrected chi connectivity index (χ2v) is 10.6. The van der Waals surface area contributed by atoms with Crippen LogP contribution in [0.1, 0.15) is 57.4 Å². The van der Waals surface area contributed by atoms with Crippen molar-refractivity contribution < 1.29 is 14.4 Å². The first-order valence-corrected chi connectivity index (χ1v) is 13.1. The lowest BCUT2D eigenvalue weighted by atomic mass is 9.74. The largest absolute Gasteiger partial charge is 0.342 e. The quantitative estimate of drug-likeness (QED) is 0.566. The van der Waals surface area contributed by atoms with Gasteiger partial charge in [0.15, 0.2) is 0 Å². The van der Waals surface area contributed by atoms with Gasteiger partial charge in [-0.15, -0.1) is 0 Å². The van der Waals surface area contributed by atoms with E-state index in [-0.39, 0.29) is 23.8 Å². The summed E-state index contributed by atoms with van der Waals surface area (Å²) >= 11 is 5.95. The van der Waals surface area contributed by atoms with Crippen LogP contribution in [0.15, 0.2) is 24.3 Å². The second kappa shape index (κ2) is 10.6. The van der Waals surface area contributed by atoms with Crippen LogP contribution in [0.3, 0.4) is 0 Å². The Morgan fingerprint density at radius 1 is 1.12 bits per heavy atom. The van der Waals surface area contributed by atoms with E-state index < -0.39 is 5.54 Å². The molecule has 0 spiro atoms. The average Bonchev–Trinajstić information content (AvgIpc) is 3.34. The Kier molecular flexibility index (Phi) is 7.83. The molecule has 1 aromatic carbocycles. The topological polar surface area (TPSA) is 73.0 Å². The summed E-state index contributed by atoms with van der Waals surface area (Å²) in [6.07, 6.45) is 6.38. The zero-order valence-corrected chi connectivity index (χ0v) is 21.1. The number of carbonyl (C=O) groups excluding carboxylic acids is 3. The molecular formula is C26H37ClN4O3. The maximum atomic E-state index is 13.6. The highest BCUT2D eigenvalue weighted by Crippen LogP contribution is 2.37. The number of nitrogens with one attached hydrogen (secondary N) is 1. The predicted octanol–water partition coefficient (Wildman–Crippen LogP) is 3.70. The van der Waals surface area contributed by atoms with Gasteiger partial charge in [-0.1, -0.05) is 37.1 Å². The molecule has 0 radical (unpaired) electrons. The molecule has 1 aromatic rings. The Morgan fingerprint density at radius 3 is 2.44 bits per heavy atom. The number of halogens is 1. The van der Waals surface area contributed by atoms with E-state index in [4.69, 9.17) is 11.6 Å². The first-order valence-electron chi connectivity index (χ1n) is 12.7. The average molecular weight is 489 g/mol. The van der Waals surface area contributed by atoms with Gasteiger partial charge >= 0.3 is 6.03 Å². The van der Waals surface area contributed by atoms with Crippen LogP contribution >= 0.6 is 11.6 Å². The number of piperidine rings is 1. The van der Waals surface area contributed by atoms with E-state index in [0.29, 0.717) is 43.5 Å². The summed E-state index contributed by atoms with van der Waals surface area (Å²) in [5, 5.41) is 3.78. The molecule has 3 heterocycles. The summed E-state index contributed by atoms with van der Waals surface area (Å²) in [5.41, 5.74) is 0.111. The fourth-order valence-corrected chi connectivity index (χ4v) is 6.15. The lowest BCUT2D eigenvalue weighted by molar-refractivity contribution is -0.136. The minimum Gasteiger partial charge on any atom is -0.342 e. The third kappa shape index (κ3) is 5.10. The normalized spacial score (nSPS) is 26.4. The highest BCUT2D eigenvalue weighted by Gasteiger charge is 2.55. The molecule has 3 aliphatic rings. The Labute approximate surface area is 207 Å². The van der Waals surface area contributed by atoms with E-state index in [1.165, 1.54) is 11.3 Å². The van der Waals surface area contributed by atoms with Crippen LogP contribution in [0.25, 0.3) is 0 Å². The first kappa shape index (κ1) is 25.0.